The zero-order valence-corrected chi connectivity index (χ0v) is 8.21. The maximum atomic E-state index is 12.5. The van der Waals surface area contributed by atoms with E-state index < -0.39 is 11.7 Å². The summed E-state index contributed by atoms with van der Waals surface area (Å²) in [6, 6.07) is 3.77. The molecule has 0 unspecified atom stereocenters. The van der Waals surface area contributed by atoms with Gasteiger partial charge in [0.05, 0.1) is 5.56 Å². The number of halogens is 4. The predicted molar refractivity (Wildman–Crippen MR) is 49.2 cm³/mol. The Morgan fingerprint density at radius 1 is 1.36 bits per heavy atom. The van der Waals surface area contributed by atoms with Crippen molar-refractivity contribution in [3.63, 3.8) is 0 Å². The van der Waals surface area contributed by atoms with Crippen LogP contribution in [0.25, 0.3) is 0 Å². The van der Waals surface area contributed by atoms with Crippen LogP contribution in [0.4, 0.5) is 13.2 Å². The molecule has 0 aliphatic heterocycles. The average Bonchev–Trinajstić information content (AvgIpc) is 2.07. The summed E-state index contributed by atoms with van der Waals surface area (Å²) < 4.78 is 37.4. The molecular formula is C9H9ClF3N. The fourth-order valence-electron chi connectivity index (χ4n) is 1.18. The second-order valence-corrected chi connectivity index (χ2v) is 3.20. The molecule has 0 spiro atoms. The first kappa shape index (κ1) is 11.3. The third-order valence-electron chi connectivity index (χ3n) is 1.78. The molecule has 0 fully saturated rings. The van der Waals surface area contributed by atoms with Gasteiger partial charge in [-0.1, -0.05) is 17.7 Å². The highest BCUT2D eigenvalue weighted by Gasteiger charge is 2.33. The molecule has 14 heavy (non-hydrogen) atoms. The molecule has 0 amide bonds. The molecule has 0 aliphatic rings. The molecule has 0 atom stereocenters. The highest BCUT2D eigenvalue weighted by molar-refractivity contribution is 6.31. The van der Waals surface area contributed by atoms with Gasteiger partial charge in [-0.2, -0.15) is 13.2 Å². The van der Waals surface area contributed by atoms with E-state index in [0.717, 1.165) is 6.07 Å². The van der Waals surface area contributed by atoms with E-state index in [1.165, 1.54) is 12.1 Å². The van der Waals surface area contributed by atoms with Gasteiger partial charge >= 0.3 is 6.18 Å². The summed E-state index contributed by atoms with van der Waals surface area (Å²) in [5.41, 5.74) is -0.594. The van der Waals surface area contributed by atoms with Gasteiger partial charge in [0.2, 0.25) is 0 Å². The largest absolute Gasteiger partial charge is 0.416 e. The second-order valence-electron chi connectivity index (χ2n) is 2.79. The molecule has 0 saturated carbocycles. The molecule has 0 radical (unpaired) electrons. The molecule has 1 aromatic rings. The van der Waals surface area contributed by atoms with Crippen LogP contribution in [0.2, 0.25) is 5.02 Å². The highest BCUT2D eigenvalue weighted by atomic mass is 35.5. The first-order valence-electron chi connectivity index (χ1n) is 3.96. The summed E-state index contributed by atoms with van der Waals surface area (Å²) in [5, 5.41) is 2.79. The van der Waals surface area contributed by atoms with Crippen LogP contribution in [0.15, 0.2) is 18.2 Å². The average molecular weight is 224 g/mol. The van der Waals surface area contributed by atoms with Crippen molar-refractivity contribution < 1.29 is 13.2 Å². The Morgan fingerprint density at radius 2 is 2.00 bits per heavy atom. The van der Waals surface area contributed by atoms with Crippen LogP contribution < -0.4 is 5.32 Å². The Bertz CT molecular complexity index is 322. The molecular weight excluding hydrogens is 215 g/mol. The minimum absolute atomic E-state index is 0.0872. The minimum Gasteiger partial charge on any atom is -0.316 e. The van der Waals surface area contributed by atoms with Crippen molar-refractivity contribution in [1.82, 2.24) is 5.32 Å². The van der Waals surface area contributed by atoms with Gasteiger partial charge in [0.1, 0.15) is 0 Å². The quantitative estimate of drug-likeness (QED) is 0.813. The van der Waals surface area contributed by atoms with E-state index in [9.17, 15) is 13.2 Å². The van der Waals surface area contributed by atoms with E-state index in [2.05, 4.69) is 5.32 Å². The number of nitrogens with one attached hydrogen (secondary N) is 1. The van der Waals surface area contributed by atoms with Gasteiger partial charge in [-0.15, -0.1) is 0 Å². The maximum absolute atomic E-state index is 12.5. The van der Waals surface area contributed by atoms with E-state index >= 15 is 0 Å². The van der Waals surface area contributed by atoms with E-state index in [-0.39, 0.29) is 17.1 Å². The van der Waals surface area contributed by atoms with Gasteiger partial charge in [-0.25, -0.2) is 0 Å². The standard InChI is InChI=1S/C9H9ClF3N/c1-14-5-6-7(9(11,12)13)3-2-4-8(6)10/h2-4,14H,5H2,1H3. The zero-order valence-electron chi connectivity index (χ0n) is 7.45. The zero-order chi connectivity index (χ0) is 10.8. The Labute approximate surface area is 84.9 Å². The van der Waals surface area contributed by atoms with Crippen molar-refractivity contribution in [2.24, 2.45) is 0 Å². The van der Waals surface area contributed by atoms with Crippen LogP contribution in [0.3, 0.4) is 0 Å². The van der Waals surface area contributed by atoms with E-state index in [1.807, 2.05) is 0 Å². The summed E-state index contributed by atoms with van der Waals surface area (Å²) in [6.45, 7) is 0.106. The Morgan fingerprint density at radius 3 is 2.50 bits per heavy atom. The molecule has 1 aromatic carbocycles. The van der Waals surface area contributed by atoms with Crippen molar-refractivity contribution >= 4 is 11.6 Å². The fourth-order valence-corrected chi connectivity index (χ4v) is 1.42. The lowest BCUT2D eigenvalue weighted by molar-refractivity contribution is -0.138. The van der Waals surface area contributed by atoms with Crippen LogP contribution in [-0.4, -0.2) is 7.05 Å². The first-order chi connectivity index (χ1) is 6.46. The number of rotatable bonds is 2. The lowest BCUT2D eigenvalue weighted by Crippen LogP contribution is -2.14. The van der Waals surface area contributed by atoms with Crippen molar-refractivity contribution in [1.29, 1.82) is 0 Å². The molecule has 0 aromatic heterocycles. The number of hydrogen-bond donors (Lipinski definition) is 1. The Balaban J connectivity index is 3.21. The SMILES string of the molecule is CNCc1c(Cl)cccc1C(F)(F)F. The van der Waals surface area contributed by atoms with E-state index in [4.69, 9.17) is 11.6 Å². The van der Waals surface area contributed by atoms with Crippen LogP contribution in [0.1, 0.15) is 11.1 Å². The summed E-state index contributed by atoms with van der Waals surface area (Å²) >= 11 is 5.67. The third-order valence-corrected chi connectivity index (χ3v) is 2.13. The maximum Gasteiger partial charge on any atom is 0.416 e. The molecule has 78 valence electrons. The van der Waals surface area contributed by atoms with Gasteiger partial charge in [0.15, 0.2) is 0 Å². The smallest absolute Gasteiger partial charge is 0.316 e. The lowest BCUT2D eigenvalue weighted by atomic mass is 10.1. The molecule has 0 saturated heterocycles. The number of alkyl halides is 3. The van der Waals surface area contributed by atoms with Crippen LogP contribution in [-0.2, 0) is 12.7 Å². The van der Waals surface area contributed by atoms with Gasteiger partial charge in [0, 0.05) is 11.6 Å². The first-order valence-corrected chi connectivity index (χ1v) is 4.34. The lowest BCUT2D eigenvalue weighted by Gasteiger charge is -2.13. The molecule has 1 nitrogen and oxygen atoms in total. The highest BCUT2D eigenvalue weighted by Crippen LogP contribution is 2.34. The summed E-state index contributed by atoms with van der Waals surface area (Å²) in [6.07, 6.45) is -4.35. The predicted octanol–water partition coefficient (Wildman–Crippen LogP) is 3.08. The Kier molecular flexibility index (Phi) is 3.39. The third kappa shape index (κ3) is 2.39. The second kappa shape index (κ2) is 4.19. The monoisotopic (exact) mass is 223 g/mol. The molecule has 0 bridgehead atoms. The summed E-state index contributed by atoms with van der Waals surface area (Å²) in [7, 11) is 1.57. The van der Waals surface area contributed by atoms with Crippen LogP contribution in [0, 0.1) is 0 Å². The summed E-state index contributed by atoms with van der Waals surface area (Å²) in [4.78, 5) is 0. The van der Waals surface area contributed by atoms with Gasteiger partial charge in [0.25, 0.3) is 0 Å². The van der Waals surface area contributed by atoms with Gasteiger partial charge in [-0.05, 0) is 24.7 Å². The normalized spacial score (nSPS) is 11.8. The van der Waals surface area contributed by atoms with Crippen molar-refractivity contribution in [3.05, 3.63) is 34.3 Å². The number of benzene rings is 1. The van der Waals surface area contributed by atoms with Crippen LogP contribution in [0.5, 0.6) is 0 Å². The van der Waals surface area contributed by atoms with E-state index in [1.54, 1.807) is 7.05 Å². The molecule has 5 heteroatoms. The van der Waals surface area contributed by atoms with Gasteiger partial charge < -0.3 is 5.32 Å². The van der Waals surface area contributed by atoms with Crippen molar-refractivity contribution in [2.75, 3.05) is 7.05 Å². The van der Waals surface area contributed by atoms with Gasteiger partial charge in [-0.3, -0.25) is 0 Å². The van der Waals surface area contributed by atoms with Crippen molar-refractivity contribution in [2.45, 2.75) is 12.7 Å². The fraction of sp³-hybridized carbons (Fsp3) is 0.333. The van der Waals surface area contributed by atoms with Crippen molar-refractivity contribution in [3.8, 4) is 0 Å². The number of hydrogen-bond acceptors (Lipinski definition) is 1. The minimum atomic E-state index is -4.35. The molecule has 1 rings (SSSR count). The Hall–Kier alpha value is -0.740. The molecule has 0 heterocycles. The topological polar surface area (TPSA) is 12.0 Å². The molecule has 0 aliphatic carbocycles. The molecule has 1 N–H and O–H groups in total. The van der Waals surface area contributed by atoms with E-state index in [0.29, 0.717) is 0 Å². The van der Waals surface area contributed by atoms with Crippen LogP contribution >= 0.6 is 11.6 Å². The summed E-state index contributed by atoms with van der Waals surface area (Å²) in [5.74, 6) is 0.